The Hall–Kier alpha value is -4.33. The Kier molecular flexibility index (Phi) is 5.63. The summed E-state index contributed by atoms with van der Waals surface area (Å²) < 4.78 is 12.0. The fourth-order valence-corrected chi connectivity index (χ4v) is 3.84. The SMILES string of the molecule is C=CC(=O)N1CC[C@@H](Nc2n[nH]c3nccc(Oc4ccc(Oc5ccccc5)cc4)c23)C1. The number of benzene rings is 2. The van der Waals surface area contributed by atoms with Gasteiger partial charge in [-0.25, -0.2) is 4.98 Å². The van der Waals surface area contributed by atoms with E-state index in [1.54, 1.807) is 17.2 Å². The molecular weight excluding hydrogens is 418 g/mol. The van der Waals surface area contributed by atoms with Crippen LogP contribution in [-0.2, 0) is 4.79 Å². The molecule has 1 saturated heterocycles. The van der Waals surface area contributed by atoms with Gasteiger partial charge in [-0.15, -0.1) is 0 Å². The zero-order valence-electron chi connectivity index (χ0n) is 17.9. The molecule has 33 heavy (non-hydrogen) atoms. The van der Waals surface area contributed by atoms with E-state index in [-0.39, 0.29) is 11.9 Å². The van der Waals surface area contributed by atoms with Crippen LogP contribution in [0, 0.1) is 0 Å². The highest BCUT2D eigenvalue weighted by molar-refractivity contribution is 5.93. The van der Waals surface area contributed by atoms with E-state index in [1.807, 2.05) is 54.6 Å². The average molecular weight is 441 g/mol. The molecule has 2 aromatic carbocycles. The summed E-state index contributed by atoms with van der Waals surface area (Å²) in [5.74, 6) is 3.38. The number of nitrogens with zero attached hydrogens (tertiary/aromatic N) is 3. The highest BCUT2D eigenvalue weighted by atomic mass is 16.5. The van der Waals surface area contributed by atoms with E-state index in [9.17, 15) is 4.79 Å². The first-order chi connectivity index (χ1) is 16.2. The Morgan fingerprint density at radius 1 is 1.06 bits per heavy atom. The number of aromatic nitrogens is 3. The van der Waals surface area contributed by atoms with Crippen LogP contribution in [0.5, 0.6) is 23.0 Å². The Morgan fingerprint density at radius 2 is 1.79 bits per heavy atom. The van der Waals surface area contributed by atoms with Gasteiger partial charge in [0.1, 0.15) is 28.4 Å². The van der Waals surface area contributed by atoms with Crippen molar-refractivity contribution >= 4 is 22.8 Å². The normalized spacial score (nSPS) is 15.4. The summed E-state index contributed by atoms with van der Waals surface area (Å²) in [5.41, 5.74) is 0.621. The van der Waals surface area contributed by atoms with Gasteiger partial charge >= 0.3 is 0 Å². The van der Waals surface area contributed by atoms with E-state index in [2.05, 4.69) is 27.1 Å². The zero-order chi connectivity index (χ0) is 22.6. The topological polar surface area (TPSA) is 92.4 Å². The van der Waals surface area contributed by atoms with Crippen LogP contribution in [0.1, 0.15) is 6.42 Å². The molecule has 2 aromatic heterocycles. The van der Waals surface area contributed by atoms with Gasteiger partial charge in [0.05, 0.1) is 0 Å². The summed E-state index contributed by atoms with van der Waals surface area (Å²) >= 11 is 0. The smallest absolute Gasteiger partial charge is 0.246 e. The van der Waals surface area contributed by atoms with Gasteiger partial charge in [0.25, 0.3) is 0 Å². The number of rotatable bonds is 7. The molecule has 1 atom stereocenters. The van der Waals surface area contributed by atoms with Crippen LogP contribution >= 0.6 is 0 Å². The van der Waals surface area contributed by atoms with Gasteiger partial charge in [-0.1, -0.05) is 24.8 Å². The first-order valence-electron chi connectivity index (χ1n) is 10.7. The maximum absolute atomic E-state index is 11.9. The number of carbonyl (C=O) groups excluding carboxylic acids is 1. The molecule has 5 rings (SSSR count). The van der Waals surface area contributed by atoms with E-state index in [4.69, 9.17) is 9.47 Å². The molecule has 1 aliphatic heterocycles. The lowest BCUT2D eigenvalue weighted by molar-refractivity contribution is -0.125. The van der Waals surface area contributed by atoms with Crippen molar-refractivity contribution in [2.24, 2.45) is 0 Å². The zero-order valence-corrected chi connectivity index (χ0v) is 17.9. The summed E-state index contributed by atoms with van der Waals surface area (Å²) in [7, 11) is 0. The van der Waals surface area contributed by atoms with Crippen molar-refractivity contribution in [3.8, 4) is 23.0 Å². The van der Waals surface area contributed by atoms with Crippen molar-refractivity contribution in [2.45, 2.75) is 12.5 Å². The minimum atomic E-state index is -0.0587. The predicted octanol–water partition coefficient (Wildman–Crippen LogP) is 4.74. The molecule has 8 nitrogen and oxygen atoms in total. The van der Waals surface area contributed by atoms with Crippen molar-refractivity contribution in [2.75, 3.05) is 18.4 Å². The summed E-state index contributed by atoms with van der Waals surface area (Å²) in [4.78, 5) is 18.0. The van der Waals surface area contributed by atoms with Crippen molar-refractivity contribution in [3.63, 3.8) is 0 Å². The molecule has 2 N–H and O–H groups in total. The molecule has 8 heteroatoms. The minimum Gasteiger partial charge on any atom is -0.457 e. The average Bonchev–Trinajstić information content (AvgIpc) is 3.49. The predicted molar refractivity (Wildman–Crippen MR) is 126 cm³/mol. The van der Waals surface area contributed by atoms with E-state index in [0.717, 1.165) is 23.3 Å². The monoisotopic (exact) mass is 441 g/mol. The maximum atomic E-state index is 11.9. The lowest BCUT2D eigenvalue weighted by Crippen LogP contribution is -2.30. The number of carbonyl (C=O) groups is 1. The highest BCUT2D eigenvalue weighted by Crippen LogP contribution is 2.34. The van der Waals surface area contributed by atoms with Crippen molar-refractivity contribution in [1.82, 2.24) is 20.1 Å². The lowest BCUT2D eigenvalue weighted by Gasteiger charge is -2.15. The number of fused-ring (bicyclic) bond motifs is 1. The number of H-pyrrole nitrogens is 1. The molecule has 1 fully saturated rings. The lowest BCUT2D eigenvalue weighted by atomic mass is 10.2. The number of ether oxygens (including phenoxy) is 2. The third-order valence-corrected chi connectivity index (χ3v) is 5.47. The molecule has 0 bridgehead atoms. The van der Waals surface area contributed by atoms with Crippen LogP contribution in [-0.4, -0.2) is 45.1 Å². The number of para-hydroxylation sites is 1. The largest absolute Gasteiger partial charge is 0.457 e. The van der Waals surface area contributed by atoms with E-state index < -0.39 is 0 Å². The third-order valence-electron chi connectivity index (χ3n) is 5.47. The number of likely N-dealkylation sites (tertiary alicyclic amines) is 1. The van der Waals surface area contributed by atoms with Crippen molar-refractivity contribution in [1.29, 1.82) is 0 Å². The summed E-state index contributed by atoms with van der Waals surface area (Å²) in [6.45, 7) is 4.84. The fourth-order valence-electron chi connectivity index (χ4n) is 3.84. The molecule has 1 amide bonds. The summed E-state index contributed by atoms with van der Waals surface area (Å²) in [6, 6.07) is 18.9. The third kappa shape index (κ3) is 4.50. The molecule has 0 aliphatic carbocycles. The fraction of sp³-hybridized carbons (Fsp3) is 0.160. The van der Waals surface area contributed by atoms with Gasteiger partial charge in [-0.3, -0.25) is 9.89 Å². The summed E-state index contributed by atoms with van der Waals surface area (Å²) in [6.07, 6.45) is 3.85. The quantitative estimate of drug-likeness (QED) is 0.403. The standard InChI is InChI=1S/C25H23N5O3/c1-2-22(31)30-15-13-17(16-30)27-25-23-21(12-14-26-24(23)28-29-25)33-20-10-8-19(9-11-20)32-18-6-4-3-5-7-18/h2-12,14,17H,1,13,15-16H2,(H2,26,27,28,29)/t17-/m1/s1. The Bertz CT molecular complexity index is 1270. The minimum absolute atomic E-state index is 0.0587. The molecular formula is C25H23N5O3. The van der Waals surface area contributed by atoms with Crippen molar-refractivity contribution < 1.29 is 14.3 Å². The number of pyridine rings is 1. The van der Waals surface area contributed by atoms with Gasteiger partial charge in [-0.2, -0.15) is 5.10 Å². The Balaban J connectivity index is 1.32. The highest BCUT2D eigenvalue weighted by Gasteiger charge is 2.26. The van der Waals surface area contributed by atoms with E-state index >= 15 is 0 Å². The molecule has 0 radical (unpaired) electrons. The first kappa shape index (κ1) is 20.6. The van der Waals surface area contributed by atoms with Crippen LogP contribution in [0.2, 0.25) is 0 Å². The Labute approximate surface area is 190 Å². The van der Waals surface area contributed by atoms with Gasteiger partial charge in [-0.05, 0) is 48.9 Å². The second-order valence-electron chi connectivity index (χ2n) is 7.71. The maximum Gasteiger partial charge on any atom is 0.246 e. The number of hydrogen-bond acceptors (Lipinski definition) is 6. The van der Waals surface area contributed by atoms with Crippen LogP contribution in [0.25, 0.3) is 11.0 Å². The number of amides is 1. The number of nitrogens with one attached hydrogen (secondary N) is 2. The molecule has 0 saturated carbocycles. The molecule has 3 heterocycles. The Morgan fingerprint density at radius 3 is 2.55 bits per heavy atom. The van der Waals surface area contributed by atoms with E-state index in [0.29, 0.717) is 36.1 Å². The van der Waals surface area contributed by atoms with Gasteiger partial charge in [0, 0.05) is 31.4 Å². The van der Waals surface area contributed by atoms with Gasteiger partial charge in [0.15, 0.2) is 11.5 Å². The molecule has 0 unspecified atom stereocenters. The number of aromatic amines is 1. The first-order valence-corrected chi connectivity index (χ1v) is 10.7. The molecule has 1 aliphatic rings. The number of anilines is 1. The van der Waals surface area contributed by atoms with Crippen LogP contribution in [0.3, 0.4) is 0 Å². The van der Waals surface area contributed by atoms with Gasteiger partial charge < -0.3 is 19.7 Å². The second kappa shape index (κ2) is 9.04. The molecule has 0 spiro atoms. The van der Waals surface area contributed by atoms with Crippen molar-refractivity contribution in [3.05, 3.63) is 79.5 Å². The summed E-state index contributed by atoms with van der Waals surface area (Å²) in [5, 5.41) is 11.5. The molecule has 166 valence electrons. The number of hydrogen-bond donors (Lipinski definition) is 2. The van der Waals surface area contributed by atoms with Crippen LogP contribution in [0.15, 0.2) is 79.5 Å². The van der Waals surface area contributed by atoms with E-state index in [1.165, 1.54) is 6.08 Å². The second-order valence-corrected chi connectivity index (χ2v) is 7.71. The molecule has 4 aromatic rings. The van der Waals surface area contributed by atoms with Crippen LogP contribution < -0.4 is 14.8 Å². The van der Waals surface area contributed by atoms with Gasteiger partial charge in [0.2, 0.25) is 5.91 Å². The van der Waals surface area contributed by atoms with Crippen LogP contribution in [0.4, 0.5) is 5.82 Å².